The lowest BCUT2D eigenvalue weighted by molar-refractivity contribution is 0.247. The molecule has 2 aromatic heterocycles. The normalized spacial score (nSPS) is 15.7. The lowest BCUT2D eigenvalue weighted by Crippen LogP contribution is -2.26. The van der Waals surface area contributed by atoms with Crippen LogP contribution in [0.15, 0.2) is 76.9 Å². The molecule has 0 saturated heterocycles. The molecular weight excluding hydrogens is 467 g/mol. The third kappa shape index (κ3) is 4.00. The number of aliphatic imine (C=N–C) groups is 1. The lowest BCUT2D eigenvalue weighted by Gasteiger charge is -2.19. The van der Waals surface area contributed by atoms with E-state index in [9.17, 15) is 14.3 Å². The van der Waals surface area contributed by atoms with Crippen LogP contribution in [-0.4, -0.2) is 31.8 Å². The highest BCUT2D eigenvalue weighted by molar-refractivity contribution is 6.30. The molecule has 4 aromatic rings. The van der Waals surface area contributed by atoms with E-state index in [0.717, 1.165) is 33.5 Å². The van der Waals surface area contributed by atoms with Crippen molar-refractivity contribution in [2.75, 3.05) is 6.61 Å². The first-order valence-electron chi connectivity index (χ1n) is 11.5. The molecule has 1 N–H and O–H groups in total. The number of nitrogens with zero attached hydrogens (tertiary/aromatic N) is 4. The summed E-state index contributed by atoms with van der Waals surface area (Å²) in [6, 6.07) is 13.5. The first kappa shape index (κ1) is 21.9. The summed E-state index contributed by atoms with van der Waals surface area (Å²) in [6.45, 7) is 0.300. The van der Waals surface area contributed by atoms with E-state index in [0.29, 0.717) is 18.2 Å². The fourth-order valence-electron chi connectivity index (χ4n) is 4.61. The predicted molar refractivity (Wildman–Crippen MR) is 133 cm³/mol. The second-order valence-corrected chi connectivity index (χ2v) is 9.42. The van der Waals surface area contributed by atoms with Gasteiger partial charge in [0.2, 0.25) is 0 Å². The molecule has 0 radical (unpaired) electrons. The maximum Gasteiger partial charge on any atom is 0.251 e. The van der Waals surface area contributed by atoms with Crippen molar-refractivity contribution in [3.63, 3.8) is 0 Å². The monoisotopic (exact) mass is 488 g/mol. The van der Waals surface area contributed by atoms with Gasteiger partial charge in [-0.25, -0.2) is 4.39 Å². The van der Waals surface area contributed by atoms with Crippen LogP contribution in [0, 0.1) is 5.82 Å². The number of aliphatic hydroxyl groups excluding tert-OH is 1. The third-order valence-electron chi connectivity index (χ3n) is 6.69. The van der Waals surface area contributed by atoms with Gasteiger partial charge in [0, 0.05) is 29.6 Å². The van der Waals surface area contributed by atoms with Crippen molar-refractivity contribution in [1.29, 1.82) is 0 Å². The van der Waals surface area contributed by atoms with Crippen LogP contribution in [0.2, 0.25) is 5.02 Å². The van der Waals surface area contributed by atoms with Crippen LogP contribution in [0.25, 0.3) is 11.1 Å². The molecule has 0 bridgehead atoms. The van der Waals surface area contributed by atoms with Crippen molar-refractivity contribution in [3.8, 4) is 11.1 Å². The molecule has 0 spiro atoms. The summed E-state index contributed by atoms with van der Waals surface area (Å²) in [7, 11) is 0. The Morgan fingerprint density at radius 1 is 1.09 bits per heavy atom. The maximum atomic E-state index is 13.6. The van der Waals surface area contributed by atoms with Gasteiger partial charge in [0.25, 0.3) is 5.56 Å². The summed E-state index contributed by atoms with van der Waals surface area (Å²) < 4.78 is 17.0. The van der Waals surface area contributed by atoms with E-state index in [1.54, 1.807) is 12.3 Å². The molecule has 1 atom stereocenters. The Kier molecular flexibility index (Phi) is 5.39. The van der Waals surface area contributed by atoms with Crippen LogP contribution in [0.5, 0.6) is 0 Å². The first-order valence-corrected chi connectivity index (χ1v) is 11.9. The van der Waals surface area contributed by atoms with Gasteiger partial charge in [-0.15, -0.1) is 0 Å². The van der Waals surface area contributed by atoms with Crippen LogP contribution in [0.4, 0.5) is 4.39 Å². The van der Waals surface area contributed by atoms with Crippen LogP contribution in [0.3, 0.4) is 0 Å². The summed E-state index contributed by atoms with van der Waals surface area (Å²) in [5.41, 5.74) is 6.08. The average Bonchev–Trinajstić information content (AvgIpc) is 3.44. The van der Waals surface area contributed by atoms with Crippen molar-refractivity contribution in [1.82, 2.24) is 14.3 Å². The summed E-state index contributed by atoms with van der Waals surface area (Å²) >= 11 is 5.91. The van der Waals surface area contributed by atoms with E-state index in [4.69, 9.17) is 16.6 Å². The molecule has 1 fully saturated rings. The van der Waals surface area contributed by atoms with Crippen molar-refractivity contribution in [3.05, 3.63) is 111 Å². The van der Waals surface area contributed by atoms with Gasteiger partial charge < -0.3 is 9.67 Å². The van der Waals surface area contributed by atoms with Crippen LogP contribution in [0.1, 0.15) is 47.2 Å². The van der Waals surface area contributed by atoms with E-state index in [1.807, 2.05) is 23.0 Å². The fourth-order valence-corrected chi connectivity index (χ4v) is 4.80. The number of aromatic nitrogens is 3. The minimum Gasteiger partial charge on any atom is -0.394 e. The number of pyridine rings is 1. The maximum absolute atomic E-state index is 13.6. The van der Waals surface area contributed by atoms with E-state index in [2.05, 4.69) is 23.4 Å². The number of hydrogen-bond acceptors (Lipinski definition) is 4. The molecule has 1 aliphatic heterocycles. The smallest absolute Gasteiger partial charge is 0.251 e. The SMILES string of the molecule is O=c1cc(-c2ccc3c(c2)C(c2cnn(C4CC4)c2)=NC3)ccn1[C@H](CO)c1ccc(F)c(Cl)c1. The Bertz CT molecular complexity index is 1540. The Morgan fingerprint density at radius 2 is 1.91 bits per heavy atom. The van der Waals surface area contributed by atoms with E-state index < -0.39 is 11.9 Å². The zero-order chi connectivity index (χ0) is 24.1. The molecule has 35 heavy (non-hydrogen) atoms. The molecule has 8 heteroatoms. The predicted octanol–water partition coefficient (Wildman–Crippen LogP) is 4.77. The molecule has 0 unspecified atom stereocenters. The minimum absolute atomic E-state index is 0.0519. The second-order valence-electron chi connectivity index (χ2n) is 9.01. The highest BCUT2D eigenvalue weighted by Gasteiger charge is 2.26. The number of rotatable bonds is 6. The van der Waals surface area contributed by atoms with Gasteiger partial charge in [-0.1, -0.05) is 29.8 Å². The zero-order valence-electron chi connectivity index (χ0n) is 18.7. The molecule has 176 valence electrons. The van der Waals surface area contributed by atoms with Gasteiger partial charge >= 0.3 is 0 Å². The number of hydrogen-bond donors (Lipinski definition) is 1. The molecule has 6 rings (SSSR count). The van der Waals surface area contributed by atoms with Gasteiger partial charge in [0.15, 0.2) is 0 Å². The summed E-state index contributed by atoms with van der Waals surface area (Å²) in [4.78, 5) is 17.8. The topological polar surface area (TPSA) is 72.4 Å². The van der Waals surface area contributed by atoms with Gasteiger partial charge in [0.1, 0.15) is 5.82 Å². The largest absolute Gasteiger partial charge is 0.394 e. The average molecular weight is 489 g/mol. The van der Waals surface area contributed by atoms with Gasteiger partial charge in [-0.05, 0) is 59.4 Å². The Labute approximate surface area is 206 Å². The summed E-state index contributed by atoms with van der Waals surface area (Å²) in [5.74, 6) is -0.547. The van der Waals surface area contributed by atoms with E-state index in [1.165, 1.54) is 35.6 Å². The molecule has 1 aliphatic carbocycles. The second kappa shape index (κ2) is 8.59. The highest BCUT2D eigenvalue weighted by Crippen LogP contribution is 2.35. The highest BCUT2D eigenvalue weighted by atomic mass is 35.5. The fraction of sp³-hybridized carbons (Fsp3) is 0.222. The third-order valence-corrected chi connectivity index (χ3v) is 6.98. The first-order chi connectivity index (χ1) is 17.0. The molecule has 2 aliphatic rings. The van der Waals surface area contributed by atoms with E-state index >= 15 is 0 Å². The molecule has 1 saturated carbocycles. The molecule has 3 heterocycles. The van der Waals surface area contributed by atoms with Crippen LogP contribution in [-0.2, 0) is 6.54 Å². The molecule has 6 nitrogen and oxygen atoms in total. The lowest BCUT2D eigenvalue weighted by atomic mass is 9.96. The van der Waals surface area contributed by atoms with Crippen LogP contribution < -0.4 is 5.56 Å². The van der Waals surface area contributed by atoms with Crippen molar-refractivity contribution in [2.45, 2.75) is 31.5 Å². The van der Waals surface area contributed by atoms with E-state index in [-0.39, 0.29) is 17.2 Å². The van der Waals surface area contributed by atoms with Crippen molar-refractivity contribution < 1.29 is 9.50 Å². The molecule has 0 amide bonds. The number of aliphatic hydroxyl groups is 1. The number of halogens is 2. The van der Waals surface area contributed by atoms with Crippen molar-refractivity contribution >= 4 is 17.3 Å². The minimum atomic E-state index is -0.670. The quantitative estimate of drug-likeness (QED) is 0.425. The van der Waals surface area contributed by atoms with Gasteiger partial charge in [0.05, 0.1) is 42.2 Å². The van der Waals surface area contributed by atoms with Crippen molar-refractivity contribution in [2.24, 2.45) is 4.99 Å². The summed E-state index contributed by atoms with van der Waals surface area (Å²) in [6.07, 6.45) is 7.93. The molecule has 2 aromatic carbocycles. The Morgan fingerprint density at radius 3 is 2.66 bits per heavy atom. The summed E-state index contributed by atoms with van der Waals surface area (Å²) in [5, 5.41) is 14.4. The van der Waals surface area contributed by atoms with Gasteiger partial charge in [-0.2, -0.15) is 5.10 Å². The van der Waals surface area contributed by atoms with Gasteiger partial charge in [-0.3, -0.25) is 14.5 Å². The number of benzene rings is 2. The zero-order valence-corrected chi connectivity index (χ0v) is 19.5. The number of fused-ring (bicyclic) bond motifs is 1. The molecular formula is C27H22ClFN4O2. The Balaban J connectivity index is 1.32. The van der Waals surface area contributed by atoms with Crippen LogP contribution >= 0.6 is 11.6 Å². The Hall–Kier alpha value is -3.55. The standard InChI is InChI=1S/C27H22ClFN4O2/c28-23-10-18(3-6-24(23)29)25(15-34)32-8-7-17(11-26(32)35)16-1-2-19-12-30-27(22(19)9-16)20-13-31-33(14-20)21-4-5-21/h1-3,6-11,13-14,21,25,34H,4-5,12,15H2/t25-/m1/s1.